The summed E-state index contributed by atoms with van der Waals surface area (Å²) >= 11 is 0. The Hall–Kier alpha value is -5.38. The van der Waals surface area contributed by atoms with E-state index in [4.69, 9.17) is 0 Å². The van der Waals surface area contributed by atoms with Crippen LogP contribution in [0.5, 0.6) is 0 Å². The van der Waals surface area contributed by atoms with Crippen molar-refractivity contribution in [2.75, 3.05) is 7.05 Å². The minimum atomic E-state index is -0.497. The molecule has 5 aromatic carbocycles. The molecule has 0 spiro atoms. The van der Waals surface area contributed by atoms with Crippen molar-refractivity contribution in [1.82, 2.24) is 14.5 Å². The molecular weight excluding hydrogens is 595 g/mol. The zero-order valence-electron chi connectivity index (χ0n) is 29.2. The summed E-state index contributed by atoms with van der Waals surface area (Å²) in [5.41, 5.74) is 13.1. The summed E-state index contributed by atoms with van der Waals surface area (Å²) in [6, 6.07) is 46.4. The summed E-state index contributed by atoms with van der Waals surface area (Å²) in [5.74, 6) is 0. The number of hydrogen-bond acceptors (Lipinski definition) is 1. The first-order valence-electron chi connectivity index (χ1n) is 17.6. The number of benzene rings is 5. The Balaban J connectivity index is 1.50. The quantitative estimate of drug-likeness (QED) is 0.148. The molecule has 49 heavy (non-hydrogen) atoms. The van der Waals surface area contributed by atoms with Gasteiger partial charge in [0.2, 0.25) is 0 Å². The summed E-state index contributed by atoms with van der Waals surface area (Å²) in [4.78, 5) is 0. The second kappa shape index (κ2) is 13.6. The molecule has 0 aliphatic rings. The maximum Gasteiger partial charge on any atom is 0.0945 e. The molecule has 3 nitrogen and oxygen atoms in total. The Labute approximate surface area is 290 Å². The lowest BCUT2D eigenvalue weighted by Crippen LogP contribution is -2.42. The fraction of sp³-hybridized carbons (Fsp3) is 0.174. The first kappa shape index (κ1) is 32.2. The fourth-order valence-corrected chi connectivity index (χ4v) is 7.95. The van der Waals surface area contributed by atoms with Gasteiger partial charge in [-0.15, -0.1) is 0 Å². The number of fused-ring (bicyclic) bond motifs is 2. The van der Waals surface area contributed by atoms with Gasteiger partial charge in [0.25, 0.3) is 0 Å². The predicted octanol–water partition coefficient (Wildman–Crippen LogP) is 11.3. The largest absolute Gasteiger partial charge is 0.310 e. The lowest BCUT2D eigenvalue weighted by atomic mass is 9.77. The molecule has 0 atom stereocenters. The Morgan fingerprint density at radius 1 is 0.531 bits per heavy atom. The van der Waals surface area contributed by atoms with Crippen LogP contribution in [0.15, 0.2) is 140 Å². The highest BCUT2D eigenvalue weighted by Gasteiger charge is 2.34. The van der Waals surface area contributed by atoms with E-state index in [1.165, 1.54) is 66.7 Å². The lowest BCUT2D eigenvalue weighted by Gasteiger charge is -2.36. The molecule has 7 aromatic rings. The van der Waals surface area contributed by atoms with Gasteiger partial charge in [-0.25, -0.2) is 0 Å². The number of rotatable bonds is 10. The molecule has 0 unspecified atom stereocenters. The van der Waals surface area contributed by atoms with Crippen LogP contribution in [0, 0.1) is 0 Å². The van der Waals surface area contributed by atoms with Crippen molar-refractivity contribution < 1.29 is 0 Å². The molecule has 244 valence electrons. The van der Waals surface area contributed by atoms with Gasteiger partial charge < -0.3 is 14.5 Å². The molecule has 1 N–H and O–H groups in total. The second-order valence-corrected chi connectivity index (χ2v) is 12.6. The smallest absolute Gasteiger partial charge is 0.0945 e. The van der Waals surface area contributed by atoms with E-state index < -0.39 is 5.54 Å². The zero-order chi connectivity index (χ0) is 34.0. The Kier molecular flexibility index (Phi) is 8.95. The van der Waals surface area contributed by atoms with Crippen molar-refractivity contribution in [2.45, 2.75) is 46.1 Å². The van der Waals surface area contributed by atoms with Crippen LogP contribution >= 0.6 is 0 Å². The number of nitrogens with zero attached hydrogens (tertiary/aromatic N) is 2. The van der Waals surface area contributed by atoms with E-state index in [9.17, 15) is 0 Å². The van der Waals surface area contributed by atoms with Crippen LogP contribution < -0.4 is 5.32 Å². The molecule has 2 aromatic heterocycles. The first-order chi connectivity index (χ1) is 24.1. The fourth-order valence-electron chi connectivity index (χ4n) is 7.95. The van der Waals surface area contributed by atoms with E-state index in [0.29, 0.717) is 0 Å². The van der Waals surface area contributed by atoms with Gasteiger partial charge in [0.1, 0.15) is 0 Å². The Morgan fingerprint density at radius 3 is 1.35 bits per heavy atom. The molecule has 0 amide bonds. The van der Waals surface area contributed by atoms with Gasteiger partial charge in [-0.2, -0.15) is 0 Å². The standard InChI is InChI=1S/C46H45N3/c1-6-19-42-38(8-3)40-31-41-39(9-4)43(20-7-2)49(45(41)32-44(40)48(42)36-25-17-12-18-26-36)37-29-27-35(28-30-37)46(47-5,33-21-13-10-14-22-33)34-23-15-11-16-24-34/h6-7,10-32,47H,8-9H2,1-5H3/b19-6-,20-7-. The normalized spacial score (nSPS) is 12.3. The number of nitrogens with one attached hydrogen (secondary N) is 1. The van der Waals surface area contributed by atoms with E-state index in [1.807, 2.05) is 0 Å². The highest BCUT2D eigenvalue weighted by molar-refractivity contribution is 6.03. The van der Waals surface area contributed by atoms with Gasteiger partial charge in [0.05, 0.1) is 16.6 Å². The third-order valence-corrected chi connectivity index (χ3v) is 10.1. The van der Waals surface area contributed by atoms with Gasteiger partial charge in [0.15, 0.2) is 0 Å². The van der Waals surface area contributed by atoms with Crippen LogP contribution in [-0.4, -0.2) is 16.2 Å². The molecule has 7 rings (SSSR count). The van der Waals surface area contributed by atoms with E-state index in [0.717, 1.165) is 18.5 Å². The molecule has 0 fully saturated rings. The predicted molar refractivity (Wildman–Crippen MR) is 210 cm³/mol. The van der Waals surface area contributed by atoms with Gasteiger partial charge in [-0.1, -0.05) is 117 Å². The van der Waals surface area contributed by atoms with Crippen LogP contribution in [0.2, 0.25) is 0 Å². The summed E-state index contributed by atoms with van der Waals surface area (Å²) in [6.07, 6.45) is 10.8. The third kappa shape index (κ3) is 5.26. The van der Waals surface area contributed by atoms with Crippen LogP contribution in [0.3, 0.4) is 0 Å². The van der Waals surface area contributed by atoms with Crippen molar-refractivity contribution in [2.24, 2.45) is 0 Å². The third-order valence-electron chi connectivity index (χ3n) is 10.1. The average Bonchev–Trinajstić information content (AvgIpc) is 3.63. The highest BCUT2D eigenvalue weighted by atomic mass is 15.0. The van der Waals surface area contributed by atoms with Crippen LogP contribution in [-0.2, 0) is 18.4 Å². The van der Waals surface area contributed by atoms with Crippen molar-refractivity contribution in [3.05, 3.63) is 179 Å². The number of aryl methyl sites for hydroxylation is 2. The van der Waals surface area contributed by atoms with E-state index in [2.05, 4.69) is 201 Å². The minimum absolute atomic E-state index is 0.497. The van der Waals surface area contributed by atoms with E-state index in [1.54, 1.807) is 0 Å². The number of para-hydroxylation sites is 1. The molecule has 0 radical (unpaired) electrons. The van der Waals surface area contributed by atoms with Crippen LogP contribution in [0.4, 0.5) is 0 Å². The maximum absolute atomic E-state index is 3.74. The van der Waals surface area contributed by atoms with Crippen LogP contribution in [0.25, 0.3) is 45.3 Å². The number of allylic oxidation sites excluding steroid dienone is 2. The summed E-state index contributed by atoms with van der Waals surface area (Å²) < 4.78 is 4.91. The Bertz CT molecular complexity index is 2230. The summed E-state index contributed by atoms with van der Waals surface area (Å²) in [5, 5.41) is 6.38. The van der Waals surface area contributed by atoms with Gasteiger partial charge >= 0.3 is 0 Å². The zero-order valence-corrected chi connectivity index (χ0v) is 29.2. The molecule has 0 saturated carbocycles. The lowest BCUT2D eigenvalue weighted by molar-refractivity contribution is 0.525. The van der Waals surface area contributed by atoms with Crippen LogP contribution in [0.1, 0.15) is 66.9 Å². The molecule has 2 heterocycles. The second-order valence-electron chi connectivity index (χ2n) is 12.6. The molecule has 0 aliphatic carbocycles. The van der Waals surface area contributed by atoms with Crippen molar-refractivity contribution in [3.63, 3.8) is 0 Å². The van der Waals surface area contributed by atoms with Gasteiger partial charge in [-0.3, -0.25) is 0 Å². The molecule has 0 bridgehead atoms. The first-order valence-corrected chi connectivity index (χ1v) is 17.6. The summed E-state index contributed by atoms with van der Waals surface area (Å²) in [6.45, 7) is 8.78. The van der Waals surface area contributed by atoms with Crippen molar-refractivity contribution in [3.8, 4) is 11.4 Å². The number of hydrogen-bond donors (Lipinski definition) is 1. The minimum Gasteiger partial charge on any atom is -0.310 e. The van der Waals surface area contributed by atoms with E-state index >= 15 is 0 Å². The summed E-state index contributed by atoms with van der Waals surface area (Å²) in [7, 11) is 2.06. The SMILES string of the molecule is C/C=C\c1c(CC)c2cc3c(CC)c(/C=C\C)n(-c4ccc(C(NC)(c5ccccc5)c5ccccc5)cc4)c3cc2n1-c1ccccc1. The molecular formula is C46H45N3. The van der Waals surface area contributed by atoms with Crippen molar-refractivity contribution in [1.29, 1.82) is 0 Å². The highest BCUT2D eigenvalue weighted by Crippen LogP contribution is 2.40. The average molecular weight is 640 g/mol. The monoisotopic (exact) mass is 639 g/mol. The van der Waals surface area contributed by atoms with Crippen molar-refractivity contribution >= 4 is 34.0 Å². The van der Waals surface area contributed by atoms with Gasteiger partial charge in [0, 0.05) is 33.5 Å². The maximum atomic E-state index is 3.74. The number of aromatic nitrogens is 2. The topological polar surface area (TPSA) is 21.9 Å². The van der Waals surface area contributed by atoms with E-state index in [-0.39, 0.29) is 0 Å². The van der Waals surface area contributed by atoms with Gasteiger partial charge in [-0.05, 0) is 110 Å². The molecule has 0 aliphatic heterocycles. The molecule has 0 saturated heterocycles. The Morgan fingerprint density at radius 2 is 0.939 bits per heavy atom. The molecule has 3 heteroatoms.